The lowest BCUT2D eigenvalue weighted by Gasteiger charge is -2.28. The van der Waals surface area contributed by atoms with E-state index in [0.29, 0.717) is 5.92 Å². The van der Waals surface area contributed by atoms with Crippen LogP contribution in [0.25, 0.3) is 0 Å². The van der Waals surface area contributed by atoms with Crippen molar-refractivity contribution in [2.75, 3.05) is 6.54 Å². The van der Waals surface area contributed by atoms with Crippen LogP contribution in [0, 0.1) is 11.8 Å². The first-order valence-corrected chi connectivity index (χ1v) is 6.53. The Labute approximate surface area is 103 Å². The lowest BCUT2D eigenvalue weighted by Crippen LogP contribution is -2.42. The van der Waals surface area contributed by atoms with Crippen LogP contribution in [0.1, 0.15) is 46.5 Å². The molecular weight excluding hydrogens is 218 g/mol. The standard InChI is InChI=1S/C13H23NO3/c1-4-10(5-2)9(3)13(17)14(8-12(15)16)11-6-7-11/h9-11H,4-8H2,1-3H3,(H,15,16). The molecule has 17 heavy (non-hydrogen) atoms. The zero-order valence-corrected chi connectivity index (χ0v) is 11.0. The van der Waals surface area contributed by atoms with Crippen molar-refractivity contribution in [3.8, 4) is 0 Å². The Hall–Kier alpha value is -1.06. The Bertz CT molecular complexity index is 282. The molecule has 4 nitrogen and oxygen atoms in total. The van der Waals surface area contributed by atoms with Crippen molar-refractivity contribution in [3.05, 3.63) is 0 Å². The number of carboxylic acid groups (broad SMARTS) is 1. The van der Waals surface area contributed by atoms with Crippen molar-refractivity contribution in [3.63, 3.8) is 0 Å². The maximum Gasteiger partial charge on any atom is 0.323 e. The van der Waals surface area contributed by atoms with Crippen molar-refractivity contribution in [1.29, 1.82) is 0 Å². The van der Waals surface area contributed by atoms with Gasteiger partial charge in [-0.05, 0) is 18.8 Å². The van der Waals surface area contributed by atoms with Gasteiger partial charge >= 0.3 is 5.97 Å². The molecule has 1 fully saturated rings. The highest BCUT2D eigenvalue weighted by Gasteiger charge is 2.37. The minimum Gasteiger partial charge on any atom is -0.480 e. The predicted octanol–water partition coefficient (Wildman–Crippen LogP) is 2.13. The summed E-state index contributed by atoms with van der Waals surface area (Å²) in [4.78, 5) is 24.6. The average molecular weight is 241 g/mol. The molecule has 98 valence electrons. The van der Waals surface area contributed by atoms with Gasteiger partial charge in [-0.1, -0.05) is 33.6 Å². The summed E-state index contributed by atoms with van der Waals surface area (Å²) in [5.74, 6) is -0.604. The minimum atomic E-state index is -0.915. The second-order valence-corrected chi connectivity index (χ2v) is 4.96. The van der Waals surface area contributed by atoms with Crippen LogP contribution < -0.4 is 0 Å². The third-order valence-corrected chi connectivity index (χ3v) is 3.72. The summed E-state index contributed by atoms with van der Waals surface area (Å²) < 4.78 is 0. The van der Waals surface area contributed by atoms with Gasteiger partial charge in [-0.2, -0.15) is 0 Å². The van der Waals surface area contributed by atoms with Crippen molar-refractivity contribution in [2.24, 2.45) is 11.8 Å². The second kappa shape index (κ2) is 6.03. The third kappa shape index (κ3) is 3.72. The van der Waals surface area contributed by atoms with Gasteiger partial charge < -0.3 is 10.0 Å². The molecule has 0 aliphatic heterocycles. The zero-order valence-electron chi connectivity index (χ0n) is 11.0. The van der Waals surface area contributed by atoms with Gasteiger partial charge in [0.05, 0.1) is 0 Å². The van der Waals surface area contributed by atoms with Gasteiger partial charge in [0.15, 0.2) is 0 Å². The molecule has 0 spiro atoms. The Kier molecular flexibility index (Phi) is 4.97. The molecular formula is C13H23NO3. The van der Waals surface area contributed by atoms with Crippen LogP contribution >= 0.6 is 0 Å². The molecule has 1 aliphatic carbocycles. The minimum absolute atomic E-state index is 0.0172. The third-order valence-electron chi connectivity index (χ3n) is 3.72. The molecule has 0 aromatic carbocycles. The number of carboxylic acids is 1. The van der Waals surface area contributed by atoms with E-state index in [0.717, 1.165) is 25.7 Å². The summed E-state index contributed by atoms with van der Waals surface area (Å²) >= 11 is 0. The largest absolute Gasteiger partial charge is 0.480 e. The molecule has 1 amide bonds. The van der Waals surface area contributed by atoms with Gasteiger partial charge in [-0.3, -0.25) is 9.59 Å². The molecule has 0 saturated heterocycles. The van der Waals surface area contributed by atoms with Crippen LogP contribution in [-0.4, -0.2) is 34.5 Å². The molecule has 1 N–H and O–H groups in total. The van der Waals surface area contributed by atoms with Crippen LogP contribution in [0.3, 0.4) is 0 Å². The van der Waals surface area contributed by atoms with E-state index < -0.39 is 5.97 Å². The molecule has 1 aliphatic rings. The molecule has 0 aromatic heterocycles. The Morgan fingerprint density at radius 3 is 2.18 bits per heavy atom. The van der Waals surface area contributed by atoms with Crippen LogP contribution in [0.2, 0.25) is 0 Å². The van der Waals surface area contributed by atoms with Gasteiger partial charge in [0.25, 0.3) is 0 Å². The normalized spacial score (nSPS) is 16.9. The summed E-state index contributed by atoms with van der Waals surface area (Å²) in [6.07, 6.45) is 3.84. The van der Waals surface area contributed by atoms with E-state index >= 15 is 0 Å². The van der Waals surface area contributed by atoms with E-state index in [1.54, 1.807) is 4.90 Å². The van der Waals surface area contributed by atoms with Crippen LogP contribution in [0.5, 0.6) is 0 Å². The highest BCUT2D eigenvalue weighted by Crippen LogP contribution is 2.30. The number of carbonyl (C=O) groups is 2. The van der Waals surface area contributed by atoms with Crippen molar-refractivity contribution in [1.82, 2.24) is 4.90 Å². The van der Waals surface area contributed by atoms with Crippen LogP contribution in [-0.2, 0) is 9.59 Å². The lowest BCUT2D eigenvalue weighted by molar-refractivity contribution is -0.147. The molecule has 1 unspecified atom stereocenters. The van der Waals surface area contributed by atoms with Gasteiger partial charge in [-0.15, -0.1) is 0 Å². The Morgan fingerprint density at radius 2 is 1.82 bits per heavy atom. The number of hydrogen-bond acceptors (Lipinski definition) is 2. The van der Waals surface area contributed by atoms with Gasteiger partial charge in [-0.25, -0.2) is 0 Å². The Morgan fingerprint density at radius 1 is 1.29 bits per heavy atom. The van der Waals surface area contributed by atoms with Gasteiger partial charge in [0, 0.05) is 12.0 Å². The highest BCUT2D eigenvalue weighted by molar-refractivity contribution is 5.83. The van der Waals surface area contributed by atoms with E-state index in [1.807, 2.05) is 6.92 Å². The molecule has 1 atom stereocenters. The summed E-state index contributed by atoms with van der Waals surface area (Å²) in [5.41, 5.74) is 0. The average Bonchev–Trinajstić information content (AvgIpc) is 3.10. The van der Waals surface area contributed by atoms with E-state index in [-0.39, 0.29) is 24.4 Å². The molecule has 0 radical (unpaired) electrons. The summed E-state index contributed by atoms with van der Waals surface area (Å²) in [6.45, 7) is 5.94. The Balaban J connectivity index is 2.66. The van der Waals surface area contributed by atoms with Gasteiger partial charge in [0.1, 0.15) is 6.54 Å². The number of hydrogen-bond donors (Lipinski definition) is 1. The SMILES string of the molecule is CCC(CC)C(C)C(=O)N(CC(=O)O)C1CC1. The van der Waals surface area contributed by atoms with Gasteiger partial charge in [0.2, 0.25) is 5.91 Å². The second-order valence-electron chi connectivity index (χ2n) is 4.96. The van der Waals surface area contributed by atoms with E-state index in [1.165, 1.54) is 0 Å². The number of carbonyl (C=O) groups excluding carboxylic acids is 1. The predicted molar refractivity (Wildman–Crippen MR) is 65.6 cm³/mol. The van der Waals surface area contributed by atoms with Crippen molar-refractivity contribution < 1.29 is 14.7 Å². The summed E-state index contributed by atoms with van der Waals surface area (Å²) in [5, 5.41) is 8.85. The quantitative estimate of drug-likeness (QED) is 0.743. The first kappa shape index (κ1) is 14.0. The summed E-state index contributed by atoms with van der Waals surface area (Å²) in [6, 6.07) is 0.176. The van der Waals surface area contributed by atoms with Crippen LogP contribution in [0.4, 0.5) is 0 Å². The molecule has 1 saturated carbocycles. The smallest absolute Gasteiger partial charge is 0.323 e. The monoisotopic (exact) mass is 241 g/mol. The van der Waals surface area contributed by atoms with E-state index in [9.17, 15) is 9.59 Å². The first-order valence-electron chi connectivity index (χ1n) is 6.53. The van der Waals surface area contributed by atoms with Crippen LogP contribution in [0.15, 0.2) is 0 Å². The number of nitrogens with zero attached hydrogens (tertiary/aromatic N) is 1. The summed E-state index contributed by atoms with van der Waals surface area (Å²) in [7, 11) is 0. The zero-order chi connectivity index (χ0) is 13.0. The van der Waals surface area contributed by atoms with E-state index in [4.69, 9.17) is 5.11 Å². The van der Waals surface area contributed by atoms with Crippen molar-refractivity contribution >= 4 is 11.9 Å². The molecule has 4 heteroatoms. The first-order chi connectivity index (χ1) is 8.01. The van der Waals surface area contributed by atoms with Crippen molar-refractivity contribution in [2.45, 2.75) is 52.5 Å². The van der Waals surface area contributed by atoms with E-state index in [2.05, 4.69) is 13.8 Å². The topological polar surface area (TPSA) is 57.6 Å². The fraction of sp³-hybridized carbons (Fsp3) is 0.846. The number of aliphatic carboxylic acids is 1. The number of amides is 1. The molecule has 0 aromatic rings. The fourth-order valence-electron chi connectivity index (χ4n) is 2.38. The molecule has 0 bridgehead atoms. The lowest BCUT2D eigenvalue weighted by atomic mass is 9.88. The molecule has 0 heterocycles. The maximum atomic E-state index is 12.3. The highest BCUT2D eigenvalue weighted by atomic mass is 16.4. The molecule has 1 rings (SSSR count). The maximum absolute atomic E-state index is 12.3. The fourth-order valence-corrected chi connectivity index (χ4v) is 2.38. The number of rotatable bonds is 7.